The Hall–Kier alpha value is -3.98. The molecule has 0 spiro atoms. The number of benzene rings is 2. The smallest absolute Gasteiger partial charge is 0.329 e. The van der Waals surface area contributed by atoms with Gasteiger partial charge in [0.1, 0.15) is 6.10 Å². The van der Waals surface area contributed by atoms with Crippen LogP contribution in [0.4, 0.5) is 11.4 Å². The molecule has 3 amide bonds. The summed E-state index contributed by atoms with van der Waals surface area (Å²) in [6.07, 6.45) is 4.26. The number of allylic oxidation sites excluding steroid dienone is 1. The molecule has 2 aromatic rings. The van der Waals surface area contributed by atoms with Gasteiger partial charge in [0, 0.05) is 11.1 Å². The van der Waals surface area contributed by atoms with Crippen LogP contribution in [0.3, 0.4) is 0 Å². The number of nitrogens with zero attached hydrogens (tertiary/aromatic N) is 1. The first kappa shape index (κ1) is 25.1. The number of carbonyl (C=O) groups is 4. The number of nitrogens with one attached hydrogen (secondary N) is 3. The molecule has 1 fully saturated rings. The minimum Gasteiger partial charge on any atom is -0.496 e. The van der Waals surface area contributed by atoms with Crippen LogP contribution in [0, 0.1) is 12.8 Å². The summed E-state index contributed by atoms with van der Waals surface area (Å²) in [7, 11) is 0. The fourth-order valence-electron chi connectivity index (χ4n) is 4.16. The topological polar surface area (TPSA) is 126 Å². The molecule has 10 heteroatoms. The van der Waals surface area contributed by atoms with E-state index < -0.39 is 17.7 Å². The molecule has 0 aromatic heterocycles. The van der Waals surface area contributed by atoms with Gasteiger partial charge in [-0.15, -0.1) is 11.6 Å². The van der Waals surface area contributed by atoms with E-state index in [-0.39, 0.29) is 40.0 Å². The van der Waals surface area contributed by atoms with Gasteiger partial charge in [0.05, 0.1) is 35.2 Å². The highest BCUT2D eigenvalue weighted by atomic mass is 35.5. The van der Waals surface area contributed by atoms with Crippen molar-refractivity contribution in [1.82, 2.24) is 5.43 Å². The Morgan fingerprint density at radius 3 is 2.67 bits per heavy atom. The molecule has 0 saturated heterocycles. The average Bonchev–Trinajstić information content (AvgIpc) is 2.86. The second-order valence-corrected chi connectivity index (χ2v) is 9.27. The summed E-state index contributed by atoms with van der Waals surface area (Å²) < 4.78 is 5.62. The van der Waals surface area contributed by atoms with Gasteiger partial charge >= 0.3 is 11.8 Å². The van der Waals surface area contributed by atoms with Crippen molar-refractivity contribution in [2.24, 2.45) is 11.0 Å². The summed E-state index contributed by atoms with van der Waals surface area (Å²) >= 11 is 6.19. The number of anilines is 2. The molecule has 1 aliphatic carbocycles. The van der Waals surface area contributed by atoms with Crippen molar-refractivity contribution >= 4 is 52.7 Å². The molecule has 0 radical (unpaired) electrons. The van der Waals surface area contributed by atoms with Crippen LogP contribution in [0.25, 0.3) is 0 Å². The quantitative estimate of drug-likeness (QED) is 0.246. The molecule has 3 N–H and O–H groups in total. The Morgan fingerprint density at radius 1 is 1.06 bits per heavy atom. The third-order valence-electron chi connectivity index (χ3n) is 5.99. The number of ether oxygens (including phenoxy) is 1. The number of aryl methyl sites for hydroxylation is 1. The number of fused-ring (bicyclic) bond motifs is 1. The van der Waals surface area contributed by atoms with Crippen molar-refractivity contribution in [1.29, 1.82) is 0 Å². The lowest BCUT2D eigenvalue weighted by Crippen LogP contribution is -2.40. The van der Waals surface area contributed by atoms with Gasteiger partial charge in [0.15, 0.2) is 5.78 Å². The second-order valence-electron chi connectivity index (χ2n) is 8.65. The van der Waals surface area contributed by atoms with Gasteiger partial charge in [-0.25, -0.2) is 5.43 Å². The van der Waals surface area contributed by atoms with Crippen molar-refractivity contribution in [3.05, 3.63) is 71.5 Å². The van der Waals surface area contributed by atoms with Crippen molar-refractivity contribution in [2.75, 3.05) is 10.6 Å². The van der Waals surface area contributed by atoms with Gasteiger partial charge in [-0.2, -0.15) is 5.10 Å². The minimum atomic E-state index is -1.07. The van der Waals surface area contributed by atoms with E-state index in [0.717, 1.165) is 18.2 Å². The maximum atomic E-state index is 12.8. The number of hydrogen-bond donors (Lipinski definition) is 3. The van der Waals surface area contributed by atoms with E-state index >= 15 is 0 Å². The first-order valence-electron chi connectivity index (χ1n) is 11.5. The lowest BCUT2D eigenvalue weighted by Gasteiger charge is -2.35. The first-order chi connectivity index (χ1) is 17.3. The Morgan fingerprint density at radius 2 is 1.86 bits per heavy atom. The SMILES string of the molecule is Cc1cccc(NC(=O)c2ccccc2NC(=O)C(=O)N/N=C/C2=COC3CCC(Cl)CC3C2=O)c1. The van der Waals surface area contributed by atoms with Crippen molar-refractivity contribution in [2.45, 2.75) is 37.7 Å². The number of rotatable bonds is 5. The highest BCUT2D eigenvalue weighted by Crippen LogP contribution is 2.34. The monoisotopic (exact) mass is 508 g/mol. The fraction of sp³-hybridized carbons (Fsp3) is 0.269. The summed E-state index contributed by atoms with van der Waals surface area (Å²) in [6.45, 7) is 1.90. The zero-order valence-electron chi connectivity index (χ0n) is 19.5. The molecular formula is C26H25ClN4O5. The van der Waals surface area contributed by atoms with Crippen molar-refractivity contribution < 1.29 is 23.9 Å². The molecule has 3 atom stereocenters. The molecule has 1 aliphatic heterocycles. The van der Waals surface area contributed by atoms with Gasteiger partial charge in [-0.3, -0.25) is 19.2 Å². The first-order valence-corrected chi connectivity index (χ1v) is 11.9. The third kappa shape index (κ3) is 5.98. The van der Waals surface area contributed by atoms with Crippen LogP contribution in [0.1, 0.15) is 35.2 Å². The maximum Gasteiger partial charge on any atom is 0.329 e. The van der Waals surface area contributed by atoms with Gasteiger partial charge in [-0.05, 0) is 56.0 Å². The molecule has 186 valence electrons. The van der Waals surface area contributed by atoms with Gasteiger partial charge in [0.25, 0.3) is 5.91 Å². The normalized spacial score (nSPS) is 21.1. The van der Waals surface area contributed by atoms with E-state index in [4.69, 9.17) is 16.3 Å². The number of ketones is 1. The van der Waals surface area contributed by atoms with Gasteiger partial charge in [0.2, 0.25) is 0 Å². The predicted molar refractivity (Wildman–Crippen MR) is 136 cm³/mol. The summed E-state index contributed by atoms with van der Waals surface area (Å²) in [5.74, 6) is -3.05. The predicted octanol–water partition coefficient (Wildman–Crippen LogP) is 3.55. The molecule has 3 unspecified atom stereocenters. The number of alkyl halides is 1. The number of Topliss-reactive ketones (excluding diaryl/α,β-unsaturated/α-hetero) is 1. The molecule has 0 bridgehead atoms. The zero-order valence-corrected chi connectivity index (χ0v) is 20.2. The average molecular weight is 509 g/mol. The largest absolute Gasteiger partial charge is 0.496 e. The molecule has 2 aliphatic rings. The minimum absolute atomic E-state index is 0.0831. The van der Waals surface area contributed by atoms with Crippen LogP contribution in [0.15, 0.2) is 65.5 Å². The van der Waals surface area contributed by atoms with Crippen LogP contribution >= 0.6 is 11.6 Å². The molecular weight excluding hydrogens is 484 g/mol. The number of halogens is 1. The number of para-hydroxylation sites is 1. The van der Waals surface area contributed by atoms with Crippen LogP contribution in [-0.2, 0) is 19.1 Å². The number of hydrazone groups is 1. The van der Waals surface area contributed by atoms with E-state index in [9.17, 15) is 19.2 Å². The molecule has 4 rings (SSSR count). The van der Waals surface area contributed by atoms with E-state index in [1.807, 2.05) is 25.1 Å². The van der Waals surface area contributed by atoms with E-state index in [2.05, 4.69) is 21.2 Å². The Kier molecular flexibility index (Phi) is 7.80. The van der Waals surface area contributed by atoms with Gasteiger partial charge < -0.3 is 15.4 Å². The van der Waals surface area contributed by atoms with E-state index in [1.54, 1.807) is 18.2 Å². The highest BCUT2D eigenvalue weighted by molar-refractivity contribution is 6.40. The molecule has 2 aromatic carbocycles. The fourth-order valence-corrected chi connectivity index (χ4v) is 4.48. The number of hydrogen-bond acceptors (Lipinski definition) is 6. The summed E-state index contributed by atoms with van der Waals surface area (Å²) in [5, 5.41) is 8.82. The summed E-state index contributed by atoms with van der Waals surface area (Å²) in [5.41, 5.74) is 4.19. The standard InChI is InChI=1S/C26H25ClN4O5/c1-15-5-4-6-18(11-15)29-24(33)19-7-2-3-8-21(19)30-25(34)26(35)31-28-13-16-14-36-22-10-9-17(27)12-20(22)23(16)32/h2-8,11,13-14,17,20,22H,9-10,12H2,1H3,(H,29,33)(H,30,34)(H,31,35)/b28-13+. The highest BCUT2D eigenvalue weighted by Gasteiger charge is 2.39. The van der Waals surface area contributed by atoms with Crippen LogP contribution in [0.5, 0.6) is 0 Å². The van der Waals surface area contributed by atoms with E-state index in [1.165, 1.54) is 18.4 Å². The number of carbonyl (C=O) groups excluding carboxylic acids is 4. The van der Waals surface area contributed by atoms with Crippen molar-refractivity contribution in [3.63, 3.8) is 0 Å². The maximum absolute atomic E-state index is 12.8. The van der Waals surface area contributed by atoms with Crippen molar-refractivity contribution in [3.8, 4) is 0 Å². The molecule has 36 heavy (non-hydrogen) atoms. The lowest BCUT2D eigenvalue weighted by molar-refractivity contribution is -0.136. The zero-order chi connectivity index (χ0) is 25.7. The third-order valence-corrected chi connectivity index (χ3v) is 6.38. The molecule has 9 nitrogen and oxygen atoms in total. The van der Waals surface area contributed by atoms with Crippen LogP contribution < -0.4 is 16.1 Å². The Balaban J connectivity index is 1.35. The molecule has 1 saturated carbocycles. The lowest BCUT2D eigenvalue weighted by atomic mass is 9.80. The van der Waals surface area contributed by atoms with Crippen LogP contribution in [-0.4, -0.2) is 41.2 Å². The number of amides is 3. The van der Waals surface area contributed by atoms with Crippen LogP contribution in [0.2, 0.25) is 0 Å². The van der Waals surface area contributed by atoms with Gasteiger partial charge in [-0.1, -0.05) is 24.3 Å². The second kappa shape index (κ2) is 11.2. The van der Waals surface area contributed by atoms with E-state index in [0.29, 0.717) is 18.5 Å². The molecule has 1 heterocycles. The summed E-state index contributed by atoms with van der Waals surface area (Å²) in [4.78, 5) is 50.1. The Bertz CT molecular complexity index is 1260. The Labute approximate surface area is 212 Å². The summed E-state index contributed by atoms with van der Waals surface area (Å²) in [6, 6.07) is 13.6.